The number of carbonyl (C=O) groups excluding carboxylic acids is 2. The molecular formula is C19H28N2O3. The molecule has 1 N–H and O–H groups in total. The van der Waals surface area contributed by atoms with Crippen LogP contribution in [0.4, 0.5) is 0 Å². The molecule has 132 valence electrons. The summed E-state index contributed by atoms with van der Waals surface area (Å²) < 4.78 is 0. The molecule has 1 saturated heterocycles. The van der Waals surface area contributed by atoms with Gasteiger partial charge in [0.05, 0.1) is 0 Å². The minimum atomic E-state index is -0.0169. The molecule has 2 amide bonds. The maximum Gasteiger partial charge on any atom is 0.253 e. The van der Waals surface area contributed by atoms with E-state index in [-0.39, 0.29) is 17.6 Å². The van der Waals surface area contributed by atoms with Gasteiger partial charge in [-0.05, 0) is 55.9 Å². The van der Waals surface area contributed by atoms with Crippen molar-refractivity contribution in [1.29, 1.82) is 0 Å². The summed E-state index contributed by atoms with van der Waals surface area (Å²) >= 11 is 0. The molecule has 0 spiro atoms. The van der Waals surface area contributed by atoms with Crippen molar-refractivity contribution in [1.82, 2.24) is 9.80 Å². The Morgan fingerprint density at radius 3 is 2.54 bits per heavy atom. The highest BCUT2D eigenvalue weighted by atomic mass is 16.3. The predicted molar refractivity (Wildman–Crippen MR) is 94.0 cm³/mol. The third kappa shape index (κ3) is 4.49. The second kappa shape index (κ2) is 8.18. The topological polar surface area (TPSA) is 60.9 Å². The molecule has 1 aliphatic heterocycles. The molecule has 0 atom stereocenters. The highest BCUT2D eigenvalue weighted by Crippen LogP contribution is 2.22. The Kier molecular flexibility index (Phi) is 6.23. The largest absolute Gasteiger partial charge is 0.508 e. The standard InChI is InChI=1S/C19H28N2O3/c1-4-18(23)21-11-8-15(9-12-21)7-10-20(3)19(24)16-5-6-17(22)14(2)13-16/h5-6,13,15,22H,4,7-12H2,1-3H3. The first-order valence-corrected chi connectivity index (χ1v) is 8.75. The van der Waals surface area contributed by atoms with E-state index >= 15 is 0 Å². The normalized spacial score (nSPS) is 15.4. The van der Waals surface area contributed by atoms with Crippen LogP contribution >= 0.6 is 0 Å². The summed E-state index contributed by atoms with van der Waals surface area (Å²) in [5.74, 6) is 1.01. The van der Waals surface area contributed by atoms with Crippen LogP contribution in [0.25, 0.3) is 0 Å². The minimum absolute atomic E-state index is 0.0169. The molecule has 5 heteroatoms. The molecule has 24 heavy (non-hydrogen) atoms. The number of rotatable bonds is 5. The van der Waals surface area contributed by atoms with E-state index in [1.165, 1.54) is 0 Å². The fourth-order valence-electron chi connectivity index (χ4n) is 3.18. The Balaban J connectivity index is 1.81. The number of likely N-dealkylation sites (tertiary alicyclic amines) is 1. The molecule has 1 fully saturated rings. The monoisotopic (exact) mass is 332 g/mol. The molecule has 0 unspecified atom stereocenters. The molecule has 5 nitrogen and oxygen atoms in total. The van der Waals surface area contributed by atoms with Crippen LogP contribution in [-0.2, 0) is 4.79 Å². The second-order valence-electron chi connectivity index (χ2n) is 6.69. The number of hydrogen-bond donors (Lipinski definition) is 1. The molecule has 0 radical (unpaired) electrons. The van der Waals surface area contributed by atoms with Gasteiger partial charge < -0.3 is 14.9 Å². The van der Waals surface area contributed by atoms with E-state index in [9.17, 15) is 14.7 Å². The zero-order valence-corrected chi connectivity index (χ0v) is 14.9. The van der Waals surface area contributed by atoms with Gasteiger partial charge in [0, 0.05) is 38.7 Å². The lowest BCUT2D eigenvalue weighted by Crippen LogP contribution is -2.39. The van der Waals surface area contributed by atoms with Gasteiger partial charge in [0.1, 0.15) is 5.75 Å². The van der Waals surface area contributed by atoms with E-state index in [1.807, 2.05) is 18.9 Å². The third-order valence-corrected chi connectivity index (χ3v) is 4.93. The fraction of sp³-hybridized carbons (Fsp3) is 0.579. The molecule has 1 aromatic carbocycles. The number of amides is 2. The Hall–Kier alpha value is -2.04. The number of benzene rings is 1. The number of aromatic hydroxyl groups is 1. The van der Waals surface area contributed by atoms with Crippen LogP contribution in [-0.4, -0.2) is 53.4 Å². The molecule has 0 saturated carbocycles. The summed E-state index contributed by atoms with van der Waals surface area (Å²) in [4.78, 5) is 27.8. The summed E-state index contributed by atoms with van der Waals surface area (Å²) in [6, 6.07) is 4.95. The van der Waals surface area contributed by atoms with Gasteiger partial charge in [-0.1, -0.05) is 6.92 Å². The zero-order chi connectivity index (χ0) is 17.7. The van der Waals surface area contributed by atoms with Gasteiger partial charge in [0.15, 0.2) is 0 Å². The SMILES string of the molecule is CCC(=O)N1CCC(CCN(C)C(=O)c2ccc(O)c(C)c2)CC1. The van der Waals surface area contributed by atoms with Crippen molar-refractivity contribution >= 4 is 11.8 Å². The van der Waals surface area contributed by atoms with Gasteiger partial charge in [-0.15, -0.1) is 0 Å². The van der Waals surface area contributed by atoms with Gasteiger partial charge in [-0.3, -0.25) is 9.59 Å². The summed E-state index contributed by atoms with van der Waals surface area (Å²) in [6.07, 6.45) is 3.58. The van der Waals surface area contributed by atoms with E-state index in [4.69, 9.17) is 0 Å². The van der Waals surface area contributed by atoms with Crippen LogP contribution in [0, 0.1) is 12.8 Å². The fourth-order valence-corrected chi connectivity index (χ4v) is 3.18. The highest BCUT2D eigenvalue weighted by molar-refractivity contribution is 5.94. The summed E-state index contributed by atoms with van der Waals surface area (Å²) in [6.45, 7) is 6.08. The molecule has 1 heterocycles. The number of carbonyl (C=O) groups is 2. The minimum Gasteiger partial charge on any atom is -0.508 e. The van der Waals surface area contributed by atoms with Crippen molar-refractivity contribution in [3.8, 4) is 5.75 Å². The molecule has 1 aromatic rings. The maximum atomic E-state index is 12.5. The summed E-state index contributed by atoms with van der Waals surface area (Å²) in [5.41, 5.74) is 1.32. The first-order valence-electron chi connectivity index (χ1n) is 8.75. The lowest BCUT2D eigenvalue weighted by molar-refractivity contribution is -0.132. The second-order valence-corrected chi connectivity index (χ2v) is 6.69. The number of piperidine rings is 1. The highest BCUT2D eigenvalue weighted by Gasteiger charge is 2.22. The summed E-state index contributed by atoms with van der Waals surface area (Å²) in [5, 5.41) is 9.56. The molecule has 0 bridgehead atoms. The smallest absolute Gasteiger partial charge is 0.253 e. The average Bonchev–Trinajstić information content (AvgIpc) is 2.61. The van der Waals surface area contributed by atoms with Gasteiger partial charge in [-0.2, -0.15) is 0 Å². The van der Waals surface area contributed by atoms with Crippen LogP contribution in [0.5, 0.6) is 5.75 Å². The van der Waals surface area contributed by atoms with Crippen LogP contribution in [0.1, 0.15) is 48.5 Å². The van der Waals surface area contributed by atoms with E-state index in [1.54, 1.807) is 30.0 Å². The van der Waals surface area contributed by atoms with Gasteiger partial charge in [-0.25, -0.2) is 0 Å². The van der Waals surface area contributed by atoms with Gasteiger partial charge in [0.2, 0.25) is 5.91 Å². The number of aryl methyl sites for hydroxylation is 1. The Morgan fingerprint density at radius 2 is 1.96 bits per heavy atom. The quantitative estimate of drug-likeness (QED) is 0.902. The van der Waals surface area contributed by atoms with Crippen molar-refractivity contribution < 1.29 is 14.7 Å². The van der Waals surface area contributed by atoms with E-state index in [0.29, 0.717) is 30.0 Å². The Bertz CT molecular complexity index is 592. The molecule has 1 aliphatic rings. The first kappa shape index (κ1) is 18.3. The molecule has 2 rings (SSSR count). The Labute approximate surface area is 144 Å². The van der Waals surface area contributed by atoms with E-state index in [0.717, 1.165) is 32.4 Å². The van der Waals surface area contributed by atoms with Crippen molar-refractivity contribution in [2.45, 2.75) is 39.5 Å². The van der Waals surface area contributed by atoms with E-state index in [2.05, 4.69) is 0 Å². The van der Waals surface area contributed by atoms with Crippen molar-refractivity contribution in [3.63, 3.8) is 0 Å². The van der Waals surface area contributed by atoms with Gasteiger partial charge >= 0.3 is 0 Å². The summed E-state index contributed by atoms with van der Waals surface area (Å²) in [7, 11) is 1.82. The first-order chi connectivity index (χ1) is 11.4. The number of phenolic OH excluding ortho intramolecular Hbond substituents is 1. The molecule has 0 aliphatic carbocycles. The van der Waals surface area contributed by atoms with Gasteiger partial charge in [0.25, 0.3) is 5.91 Å². The van der Waals surface area contributed by atoms with Crippen molar-refractivity contribution in [3.05, 3.63) is 29.3 Å². The zero-order valence-electron chi connectivity index (χ0n) is 14.9. The van der Waals surface area contributed by atoms with Crippen molar-refractivity contribution in [2.75, 3.05) is 26.7 Å². The van der Waals surface area contributed by atoms with Crippen LogP contribution in [0.3, 0.4) is 0 Å². The number of nitrogens with zero attached hydrogens (tertiary/aromatic N) is 2. The molecular weight excluding hydrogens is 304 g/mol. The van der Waals surface area contributed by atoms with E-state index < -0.39 is 0 Å². The maximum absolute atomic E-state index is 12.5. The molecule has 0 aromatic heterocycles. The lowest BCUT2D eigenvalue weighted by Gasteiger charge is -2.32. The van der Waals surface area contributed by atoms with Crippen molar-refractivity contribution in [2.24, 2.45) is 5.92 Å². The average molecular weight is 332 g/mol. The van der Waals surface area contributed by atoms with Crippen LogP contribution in [0.15, 0.2) is 18.2 Å². The third-order valence-electron chi connectivity index (χ3n) is 4.93. The number of phenols is 1. The van der Waals surface area contributed by atoms with Crippen LogP contribution in [0.2, 0.25) is 0 Å². The Morgan fingerprint density at radius 1 is 1.29 bits per heavy atom. The number of hydrogen-bond acceptors (Lipinski definition) is 3. The van der Waals surface area contributed by atoms with Crippen LogP contribution < -0.4 is 0 Å². The predicted octanol–water partition coefficient (Wildman–Crippen LogP) is 2.81. The lowest BCUT2D eigenvalue weighted by atomic mass is 9.93.